The zero-order chi connectivity index (χ0) is 13.6. The van der Waals surface area contributed by atoms with Crippen molar-refractivity contribution in [3.05, 3.63) is 0 Å². The number of nitrogens with one attached hydrogen (secondary N) is 2. The minimum absolute atomic E-state index is 0.215. The Morgan fingerprint density at radius 3 is 2.18 bits per heavy atom. The van der Waals surface area contributed by atoms with Gasteiger partial charge in [0.15, 0.2) is 0 Å². The van der Waals surface area contributed by atoms with Gasteiger partial charge in [0.05, 0.1) is 5.92 Å². The van der Waals surface area contributed by atoms with Gasteiger partial charge >= 0.3 is 12.0 Å². The van der Waals surface area contributed by atoms with Crippen LogP contribution in [0.1, 0.15) is 20.8 Å². The first-order valence-electron chi connectivity index (χ1n) is 5.34. The van der Waals surface area contributed by atoms with Crippen LogP contribution in [-0.4, -0.2) is 45.4 Å². The van der Waals surface area contributed by atoms with Gasteiger partial charge in [0.2, 0.25) is 0 Å². The number of amides is 2. The summed E-state index contributed by atoms with van der Waals surface area (Å²) in [4.78, 5) is 22.1. The normalized spacial score (nSPS) is 17.6. The van der Waals surface area contributed by atoms with E-state index in [-0.39, 0.29) is 6.04 Å². The molecule has 4 atom stereocenters. The van der Waals surface area contributed by atoms with E-state index in [1.54, 1.807) is 20.1 Å². The van der Waals surface area contributed by atoms with Crippen LogP contribution in [0.2, 0.25) is 0 Å². The minimum Gasteiger partial charge on any atom is -0.481 e. The number of carboxylic acid groups (broad SMARTS) is 1. The van der Waals surface area contributed by atoms with Crippen molar-refractivity contribution >= 4 is 22.8 Å². The van der Waals surface area contributed by atoms with Gasteiger partial charge < -0.3 is 15.7 Å². The molecule has 0 saturated carbocycles. The number of carboxylic acids is 1. The van der Waals surface area contributed by atoms with Gasteiger partial charge in [-0.25, -0.2) is 4.79 Å². The largest absolute Gasteiger partial charge is 0.481 e. The zero-order valence-electron chi connectivity index (χ0n) is 10.5. The van der Waals surface area contributed by atoms with Crippen molar-refractivity contribution < 1.29 is 18.9 Å². The van der Waals surface area contributed by atoms with Gasteiger partial charge in [0.1, 0.15) is 0 Å². The van der Waals surface area contributed by atoms with Crippen LogP contribution >= 0.6 is 0 Å². The van der Waals surface area contributed by atoms with Crippen molar-refractivity contribution in [3.63, 3.8) is 0 Å². The van der Waals surface area contributed by atoms with Crippen LogP contribution in [0.25, 0.3) is 0 Å². The van der Waals surface area contributed by atoms with E-state index >= 15 is 0 Å². The minimum atomic E-state index is -0.977. The van der Waals surface area contributed by atoms with Gasteiger partial charge in [0.25, 0.3) is 0 Å². The van der Waals surface area contributed by atoms with E-state index in [0.29, 0.717) is 5.75 Å². The number of aliphatic carboxylic acids is 1. The molecule has 0 spiro atoms. The SMILES string of the molecule is CC(CS(C)=O)NC(=O)NC(C)C(C)C(=O)O. The van der Waals surface area contributed by atoms with Gasteiger partial charge in [-0.3, -0.25) is 9.00 Å². The highest BCUT2D eigenvalue weighted by Crippen LogP contribution is 2.01. The Morgan fingerprint density at radius 1 is 1.24 bits per heavy atom. The van der Waals surface area contributed by atoms with Crippen LogP contribution in [0.3, 0.4) is 0 Å². The Bertz CT molecular complexity index is 309. The summed E-state index contributed by atoms with van der Waals surface area (Å²) >= 11 is 0. The molecule has 0 radical (unpaired) electrons. The number of urea groups is 1. The first-order chi connectivity index (χ1) is 7.73. The van der Waals surface area contributed by atoms with E-state index < -0.39 is 34.8 Å². The molecule has 4 unspecified atom stereocenters. The van der Waals surface area contributed by atoms with Crippen molar-refractivity contribution in [1.29, 1.82) is 0 Å². The maximum Gasteiger partial charge on any atom is 0.315 e. The van der Waals surface area contributed by atoms with E-state index in [4.69, 9.17) is 5.11 Å². The van der Waals surface area contributed by atoms with Gasteiger partial charge in [-0.2, -0.15) is 0 Å². The lowest BCUT2D eigenvalue weighted by Crippen LogP contribution is -2.48. The Balaban J connectivity index is 4.09. The van der Waals surface area contributed by atoms with E-state index in [1.165, 1.54) is 6.92 Å². The summed E-state index contributed by atoms with van der Waals surface area (Å²) in [5.41, 5.74) is 0. The van der Waals surface area contributed by atoms with Crippen molar-refractivity contribution in [2.24, 2.45) is 5.92 Å². The quantitative estimate of drug-likeness (QED) is 0.637. The highest BCUT2D eigenvalue weighted by molar-refractivity contribution is 7.84. The molecule has 0 aliphatic heterocycles. The fourth-order valence-corrected chi connectivity index (χ4v) is 1.99. The van der Waals surface area contributed by atoms with Crippen LogP contribution in [0.4, 0.5) is 4.79 Å². The zero-order valence-corrected chi connectivity index (χ0v) is 11.3. The van der Waals surface area contributed by atoms with E-state index in [0.717, 1.165) is 0 Å². The molecule has 0 aliphatic rings. The number of hydrogen-bond acceptors (Lipinski definition) is 3. The maximum absolute atomic E-state index is 11.5. The standard InChI is InChI=1S/C10H20N2O4S/c1-6(5-17(4)16)11-10(15)12-8(3)7(2)9(13)14/h6-8H,5H2,1-4H3,(H,13,14)(H2,11,12,15). The second kappa shape index (κ2) is 7.26. The van der Waals surface area contributed by atoms with Crippen LogP contribution < -0.4 is 10.6 Å². The highest BCUT2D eigenvalue weighted by atomic mass is 32.2. The Morgan fingerprint density at radius 2 is 1.76 bits per heavy atom. The Hall–Kier alpha value is -1.11. The van der Waals surface area contributed by atoms with E-state index in [1.807, 2.05) is 0 Å². The van der Waals surface area contributed by atoms with Crippen molar-refractivity contribution in [3.8, 4) is 0 Å². The molecule has 17 heavy (non-hydrogen) atoms. The summed E-state index contributed by atoms with van der Waals surface area (Å²) in [6.07, 6.45) is 1.56. The molecule has 0 aromatic carbocycles. The lowest BCUT2D eigenvalue weighted by atomic mass is 10.0. The molecule has 0 heterocycles. The lowest BCUT2D eigenvalue weighted by Gasteiger charge is -2.20. The van der Waals surface area contributed by atoms with Gasteiger partial charge in [-0.1, -0.05) is 0 Å². The number of carbonyl (C=O) groups is 2. The Labute approximate surface area is 104 Å². The third kappa shape index (κ3) is 6.93. The highest BCUT2D eigenvalue weighted by Gasteiger charge is 2.21. The molecule has 3 N–H and O–H groups in total. The molecule has 0 saturated heterocycles. The lowest BCUT2D eigenvalue weighted by molar-refractivity contribution is -0.141. The second-order valence-electron chi connectivity index (χ2n) is 4.17. The molecule has 0 bridgehead atoms. The predicted octanol–water partition coefficient (Wildman–Crippen LogP) is 0.162. The predicted molar refractivity (Wildman–Crippen MR) is 66.3 cm³/mol. The number of rotatable bonds is 6. The molecule has 7 heteroatoms. The average Bonchev–Trinajstić information content (AvgIpc) is 2.13. The fourth-order valence-electron chi connectivity index (χ4n) is 1.20. The maximum atomic E-state index is 11.5. The third-order valence-electron chi connectivity index (χ3n) is 2.36. The van der Waals surface area contributed by atoms with Crippen molar-refractivity contribution in [1.82, 2.24) is 10.6 Å². The van der Waals surface area contributed by atoms with E-state index in [2.05, 4.69) is 10.6 Å². The summed E-state index contributed by atoms with van der Waals surface area (Å²) in [7, 11) is -0.977. The number of hydrogen-bond donors (Lipinski definition) is 3. The van der Waals surface area contributed by atoms with Crippen LogP contribution in [0, 0.1) is 5.92 Å². The molecule has 0 aromatic rings. The molecule has 6 nitrogen and oxygen atoms in total. The third-order valence-corrected chi connectivity index (χ3v) is 3.33. The summed E-state index contributed by atoms with van der Waals surface area (Å²) in [5, 5.41) is 13.9. The average molecular weight is 264 g/mol. The molecule has 0 rings (SSSR count). The topological polar surface area (TPSA) is 95.5 Å². The van der Waals surface area contributed by atoms with Crippen molar-refractivity contribution in [2.45, 2.75) is 32.9 Å². The van der Waals surface area contributed by atoms with Crippen LogP contribution in [-0.2, 0) is 15.6 Å². The second-order valence-corrected chi connectivity index (χ2v) is 5.65. The first kappa shape index (κ1) is 15.9. The van der Waals surface area contributed by atoms with Gasteiger partial charge in [-0.05, 0) is 20.8 Å². The molecule has 2 amide bonds. The van der Waals surface area contributed by atoms with Crippen LogP contribution in [0.5, 0.6) is 0 Å². The monoisotopic (exact) mass is 264 g/mol. The molecular formula is C10H20N2O4S. The fraction of sp³-hybridized carbons (Fsp3) is 0.800. The summed E-state index contributed by atoms with van der Waals surface area (Å²) < 4.78 is 10.9. The molecular weight excluding hydrogens is 244 g/mol. The van der Waals surface area contributed by atoms with Gasteiger partial charge in [0, 0.05) is 34.9 Å². The smallest absolute Gasteiger partial charge is 0.315 e. The van der Waals surface area contributed by atoms with Crippen molar-refractivity contribution in [2.75, 3.05) is 12.0 Å². The summed E-state index contributed by atoms with van der Waals surface area (Å²) in [5.74, 6) is -1.24. The molecule has 0 aromatic heterocycles. The van der Waals surface area contributed by atoms with E-state index in [9.17, 15) is 13.8 Å². The van der Waals surface area contributed by atoms with Crippen LogP contribution in [0.15, 0.2) is 0 Å². The molecule has 0 fully saturated rings. The summed E-state index contributed by atoms with van der Waals surface area (Å²) in [6, 6.07) is -1.12. The molecule has 100 valence electrons. The number of carbonyl (C=O) groups excluding carboxylic acids is 1. The molecule has 0 aliphatic carbocycles. The van der Waals surface area contributed by atoms with Gasteiger partial charge in [-0.15, -0.1) is 0 Å². The first-order valence-corrected chi connectivity index (χ1v) is 7.06. The Kier molecular flexibility index (Phi) is 6.79. The summed E-state index contributed by atoms with van der Waals surface area (Å²) in [6.45, 7) is 4.89.